The molecule has 4 heteroatoms. The van der Waals surface area contributed by atoms with Crippen molar-refractivity contribution in [1.29, 1.82) is 0 Å². The molecule has 0 atom stereocenters. The molecule has 0 heterocycles. The van der Waals surface area contributed by atoms with Gasteiger partial charge in [-0.25, -0.2) is 4.79 Å². The molecule has 32 heavy (non-hydrogen) atoms. The molecular formula is C28H52O4. The molecule has 0 saturated heterocycles. The highest BCUT2D eigenvalue weighted by Gasteiger charge is 2.05. The van der Waals surface area contributed by atoms with E-state index in [1.807, 2.05) is 0 Å². The average molecular weight is 453 g/mol. The van der Waals surface area contributed by atoms with Gasteiger partial charge >= 0.3 is 11.9 Å². The summed E-state index contributed by atoms with van der Waals surface area (Å²) in [5.74, 6) is -0.650. The van der Waals surface area contributed by atoms with E-state index in [9.17, 15) is 9.59 Å². The summed E-state index contributed by atoms with van der Waals surface area (Å²) in [7, 11) is 0. The van der Waals surface area contributed by atoms with Crippen LogP contribution in [-0.2, 0) is 19.1 Å². The normalized spacial score (nSPS) is 10.8. The second-order valence-corrected chi connectivity index (χ2v) is 9.25. The molecule has 0 N–H and O–H groups in total. The Kier molecular flexibility index (Phi) is 23.3. The minimum Gasteiger partial charge on any atom is -0.462 e. The fourth-order valence-electron chi connectivity index (χ4n) is 3.83. The van der Waals surface area contributed by atoms with Gasteiger partial charge in [0.05, 0.1) is 0 Å². The lowest BCUT2D eigenvalue weighted by Gasteiger charge is -2.06. The van der Waals surface area contributed by atoms with Gasteiger partial charge in [0, 0.05) is 12.0 Å². The Balaban J connectivity index is 3.18. The van der Waals surface area contributed by atoms with Crippen molar-refractivity contribution in [3.8, 4) is 0 Å². The quantitative estimate of drug-likeness (QED) is 0.0837. The van der Waals surface area contributed by atoms with Crippen LogP contribution in [0.15, 0.2) is 12.2 Å². The van der Waals surface area contributed by atoms with Gasteiger partial charge in [-0.2, -0.15) is 0 Å². The second kappa shape index (κ2) is 24.3. The molecule has 188 valence electrons. The number of hydrogen-bond acceptors (Lipinski definition) is 4. The van der Waals surface area contributed by atoms with E-state index in [0.717, 1.165) is 12.8 Å². The van der Waals surface area contributed by atoms with Crippen LogP contribution in [0.3, 0.4) is 0 Å². The molecular weight excluding hydrogens is 400 g/mol. The summed E-state index contributed by atoms with van der Waals surface area (Å²) in [5.41, 5.74) is 0.352. The van der Waals surface area contributed by atoms with E-state index in [1.54, 1.807) is 6.92 Å². The Morgan fingerprint density at radius 3 is 1.28 bits per heavy atom. The van der Waals surface area contributed by atoms with Crippen LogP contribution in [0.2, 0.25) is 0 Å². The van der Waals surface area contributed by atoms with E-state index in [1.165, 1.54) is 109 Å². The Morgan fingerprint density at radius 2 is 0.906 bits per heavy atom. The van der Waals surface area contributed by atoms with Crippen molar-refractivity contribution >= 4 is 11.9 Å². The molecule has 0 radical (unpaired) electrons. The van der Waals surface area contributed by atoms with Crippen LogP contribution in [-0.4, -0.2) is 25.2 Å². The third-order valence-corrected chi connectivity index (χ3v) is 5.91. The van der Waals surface area contributed by atoms with Gasteiger partial charge in [0.15, 0.2) is 0 Å². The summed E-state index contributed by atoms with van der Waals surface area (Å²) >= 11 is 0. The summed E-state index contributed by atoms with van der Waals surface area (Å²) in [6, 6.07) is 0. The van der Waals surface area contributed by atoms with Crippen LogP contribution in [0, 0.1) is 0 Å². The van der Waals surface area contributed by atoms with E-state index in [-0.39, 0.29) is 19.2 Å². The summed E-state index contributed by atoms with van der Waals surface area (Å²) in [5, 5.41) is 0. The van der Waals surface area contributed by atoms with Crippen molar-refractivity contribution in [2.45, 2.75) is 142 Å². The molecule has 0 aliphatic heterocycles. The maximum atomic E-state index is 11.6. The van der Waals surface area contributed by atoms with E-state index in [2.05, 4.69) is 13.5 Å². The van der Waals surface area contributed by atoms with Gasteiger partial charge in [0.1, 0.15) is 13.2 Å². The molecule has 0 aliphatic carbocycles. The topological polar surface area (TPSA) is 52.6 Å². The highest BCUT2D eigenvalue weighted by atomic mass is 16.6. The van der Waals surface area contributed by atoms with Crippen molar-refractivity contribution in [2.75, 3.05) is 13.2 Å². The number of unbranched alkanes of at least 4 members (excludes halogenated alkanes) is 18. The predicted molar refractivity (Wildman–Crippen MR) is 135 cm³/mol. The zero-order chi connectivity index (χ0) is 23.7. The van der Waals surface area contributed by atoms with Crippen LogP contribution in [0.1, 0.15) is 142 Å². The lowest BCUT2D eigenvalue weighted by atomic mass is 10.0. The van der Waals surface area contributed by atoms with Crippen LogP contribution in [0.25, 0.3) is 0 Å². The third-order valence-electron chi connectivity index (χ3n) is 5.91. The standard InChI is InChI=1S/C28H52O4/c1-4-5-6-7-8-9-10-11-12-13-14-15-16-17-18-19-20-21-22-23-27(29)31-24-25-32-28(30)26(2)3/h2,4-25H2,1,3H3. The van der Waals surface area contributed by atoms with Crippen LogP contribution < -0.4 is 0 Å². The molecule has 4 nitrogen and oxygen atoms in total. The average Bonchev–Trinajstić information content (AvgIpc) is 2.78. The maximum absolute atomic E-state index is 11.6. The molecule has 0 aromatic rings. The van der Waals surface area contributed by atoms with Gasteiger partial charge in [-0.05, 0) is 13.3 Å². The summed E-state index contributed by atoms with van der Waals surface area (Å²) in [6.45, 7) is 7.59. The first-order valence-corrected chi connectivity index (χ1v) is 13.6. The molecule has 0 fully saturated rings. The van der Waals surface area contributed by atoms with E-state index < -0.39 is 5.97 Å². The molecule has 0 saturated carbocycles. The Morgan fingerprint density at radius 1 is 0.562 bits per heavy atom. The minimum absolute atomic E-state index is 0.0939. The van der Waals surface area contributed by atoms with E-state index >= 15 is 0 Å². The van der Waals surface area contributed by atoms with Gasteiger partial charge in [-0.3, -0.25) is 4.79 Å². The largest absolute Gasteiger partial charge is 0.462 e. The molecule has 0 aromatic carbocycles. The monoisotopic (exact) mass is 452 g/mol. The van der Waals surface area contributed by atoms with Crippen LogP contribution in [0.5, 0.6) is 0 Å². The Hall–Kier alpha value is -1.32. The fourth-order valence-corrected chi connectivity index (χ4v) is 3.83. The molecule has 0 aromatic heterocycles. The molecule has 0 rings (SSSR count). The highest BCUT2D eigenvalue weighted by molar-refractivity contribution is 5.86. The summed E-state index contributed by atoms with van der Waals surface area (Å²) in [6.07, 6.45) is 26.0. The minimum atomic E-state index is -0.445. The predicted octanol–water partition coefficient (Wildman–Crippen LogP) is 8.47. The van der Waals surface area contributed by atoms with Crippen molar-refractivity contribution in [3.05, 3.63) is 12.2 Å². The van der Waals surface area contributed by atoms with E-state index in [0.29, 0.717) is 12.0 Å². The number of ether oxygens (including phenoxy) is 2. The molecule has 0 spiro atoms. The number of hydrogen-bond donors (Lipinski definition) is 0. The number of rotatable bonds is 24. The third kappa shape index (κ3) is 23.3. The zero-order valence-corrected chi connectivity index (χ0v) is 21.4. The maximum Gasteiger partial charge on any atom is 0.333 e. The summed E-state index contributed by atoms with van der Waals surface area (Å²) in [4.78, 5) is 22.8. The van der Waals surface area contributed by atoms with Gasteiger partial charge in [0.25, 0.3) is 0 Å². The SMILES string of the molecule is C=C(C)C(=O)OCCOC(=O)CCCCCCCCCCCCCCCCCCCCC. The number of carbonyl (C=O) groups excluding carboxylic acids is 2. The first-order chi connectivity index (χ1) is 15.6. The Bertz CT molecular complexity index is 458. The van der Waals surface area contributed by atoms with Crippen LogP contribution in [0.4, 0.5) is 0 Å². The summed E-state index contributed by atoms with van der Waals surface area (Å²) < 4.78 is 9.95. The van der Waals surface area contributed by atoms with Crippen molar-refractivity contribution < 1.29 is 19.1 Å². The molecule has 0 amide bonds. The lowest BCUT2D eigenvalue weighted by molar-refractivity contribution is -0.150. The van der Waals surface area contributed by atoms with Crippen molar-refractivity contribution in [1.82, 2.24) is 0 Å². The van der Waals surface area contributed by atoms with Gasteiger partial charge in [-0.1, -0.05) is 129 Å². The molecule has 0 bridgehead atoms. The smallest absolute Gasteiger partial charge is 0.333 e. The number of esters is 2. The van der Waals surface area contributed by atoms with Crippen molar-refractivity contribution in [3.63, 3.8) is 0 Å². The molecule has 0 aliphatic rings. The van der Waals surface area contributed by atoms with Gasteiger partial charge in [-0.15, -0.1) is 0 Å². The zero-order valence-electron chi connectivity index (χ0n) is 21.4. The van der Waals surface area contributed by atoms with Gasteiger partial charge in [0.2, 0.25) is 0 Å². The van der Waals surface area contributed by atoms with E-state index in [4.69, 9.17) is 9.47 Å². The lowest BCUT2D eigenvalue weighted by Crippen LogP contribution is -2.14. The first-order valence-electron chi connectivity index (χ1n) is 13.6. The fraction of sp³-hybridized carbons (Fsp3) is 0.857. The number of carbonyl (C=O) groups is 2. The molecule has 0 unspecified atom stereocenters. The van der Waals surface area contributed by atoms with Crippen molar-refractivity contribution in [2.24, 2.45) is 0 Å². The van der Waals surface area contributed by atoms with Crippen LogP contribution >= 0.6 is 0 Å². The highest BCUT2D eigenvalue weighted by Crippen LogP contribution is 2.14. The first kappa shape index (κ1) is 30.7. The Labute approximate surface area is 198 Å². The van der Waals surface area contributed by atoms with Gasteiger partial charge < -0.3 is 9.47 Å². The second-order valence-electron chi connectivity index (χ2n) is 9.25.